The Labute approximate surface area is 95.7 Å². The van der Waals surface area contributed by atoms with E-state index in [1.807, 2.05) is 0 Å². The predicted molar refractivity (Wildman–Crippen MR) is 64.5 cm³/mol. The molecule has 0 aromatic carbocycles. The maximum atomic E-state index is 11.4. The monoisotopic (exact) mass is 229 g/mol. The van der Waals surface area contributed by atoms with E-state index >= 15 is 0 Å². The zero-order valence-electron chi connectivity index (χ0n) is 9.28. The average molecular weight is 229 g/mol. The maximum absolute atomic E-state index is 11.4. The second-order valence-electron chi connectivity index (χ2n) is 3.69. The first kappa shape index (κ1) is 12.6. The summed E-state index contributed by atoms with van der Waals surface area (Å²) in [6.45, 7) is 2.75. The molecule has 0 spiro atoms. The van der Waals surface area contributed by atoms with Crippen LogP contribution in [0.4, 0.5) is 0 Å². The lowest BCUT2D eigenvalue weighted by Gasteiger charge is -2.07. The third kappa shape index (κ3) is 5.21. The summed E-state index contributed by atoms with van der Waals surface area (Å²) in [5.74, 6) is 0.584. The van der Waals surface area contributed by atoms with Gasteiger partial charge in [-0.1, -0.05) is 32.6 Å². The fraction of sp³-hybridized carbons (Fsp3) is 0.818. The highest BCUT2D eigenvalue weighted by atomic mass is 32.2. The van der Waals surface area contributed by atoms with E-state index in [0.717, 1.165) is 18.6 Å². The van der Waals surface area contributed by atoms with Gasteiger partial charge in [0.15, 0.2) is 6.04 Å². The van der Waals surface area contributed by atoms with E-state index in [4.69, 9.17) is 4.74 Å². The minimum atomic E-state index is -0.245. The molecule has 0 aromatic rings. The number of carbonyl (C=O) groups excluding carboxylic acids is 1. The molecule has 1 unspecified atom stereocenters. The SMILES string of the molecule is CCCCCCCOC(=O)C1CSC=N1. The van der Waals surface area contributed by atoms with Crippen molar-refractivity contribution in [2.45, 2.75) is 45.1 Å². The van der Waals surface area contributed by atoms with Gasteiger partial charge in [-0.15, -0.1) is 11.8 Å². The number of nitrogens with zero attached hydrogens (tertiary/aromatic N) is 1. The molecular weight excluding hydrogens is 210 g/mol. The number of thioether (sulfide) groups is 1. The van der Waals surface area contributed by atoms with Crippen molar-refractivity contribution in [1.82, 2.24) is 0 Å². The summed E-state index contributed by atoms with van der Waals surface area (Å²) in [4.78, 5) is 15.4. The standard InChI is InChI=1S/C11H19NO2S/c1-2-3-4-5-6-7-14-11(13)10-8-15-9-12-10/h9-10H,2-8H2,1H3. The van der Waals surface area contributed by atoms with Gasteiger partial charge in [0.25, 0.3) is 0 Å². The lowest BCUT2D eigenvalue weighted by atomic mass is 10.2. The van der Waals surface area contributed by atoms with Crippen LogP contribution in [-0.4, -0.2) is 29.9 Å². The van der Waals surface area contributed by atoms with Crippen LogP contribution < -0.4 is 0 Å². The predicted octanol–water partition coefficient (Wildman–Crippen LogP) is 2.64. The van der Waals surface area contributed by atoms with Gasteiger partial charge >= 0.3 is 5.97 Å². The van der Waals surface area contributed by atoms with Crippen LogP contribution in [0.3, 0.4) is 0 Å². The lowest BCUT2D eigenvalue weighted by Crippen LogP contribution is -2.22. The van der Waals surface area contributed by atoms with Crippen molar-refractivity contribution < 1.29 is 9.53 Å². The van der Waals surface area contributed by atoms with Crippen molar-refractivity contribution in [3.63, 3.8) is 0 Å². The molecule has 1 aliphatic heterocycles. The number of esters is 1. The topological polar surface area (TPSA) is 38.7 Å². The molecule has 4 heteroatoms. The molecule has 86 valence electrons. The van der Waals surface area contributed by atoms with Crippen LogP contribution in [0.5, 0.6) is 0 Å². The molecule has 3 nitrogen and oxygen atoms in total. The van der Waals surface area contributed by atoms with Crippen molar-refractivity contribution >= 4 is 23.3 Å². The minimum absolute atomic E-state index is 0.160. The molecule has 0 radical (unpaired) electrons. The van der Waals surface area contributed by atoms with Crippen molar-refractivity contribution in [3.8, 4) is 0 Å². The molecule has 0 aromatic heterocycles. The Kier molecular flexibility index (Phi) is 6.48. The van der Waals surface area contributed by atoms with Gasteiger partial charge in [0.05, 0.1) is 12.2 Å². The number of carbonyl (C=O) groups is 1. The Bertz CT molecular complexity index is 219. The van der Waals surface area contributed by atoms with Crippen LogP contribution in [0.1, 0.15) is 39.0 Å². The number of hydrogen-bond acceptors (Lipinski definition) is 4. The van der Waals surface area contributed by atoms with Gasteiger partial charge in [-0.2, -0.15) is 0 Å². The second-order valence-corrected chi connectivity index (χ2v) is 4.56. The zero-order valence-corrected chi connectivity index (χ0v) is 10.1. The van der Waals surface area contributed by atoms with Gasteiger partial charge in [0, 0.05) is 5.75 Å². The number of rotatable bonds is 7. The third-order valence-corrected chi connectivity index (χ3v) is 3.11. The highest BCUT2D eigenvalue weighted by Gasteiger charge is 2.21. The summed E-state index contributed by atoms with van der Waals surface area (Å²) >= 11 is 1.57. The quantitative estimate of drug-likeness (QED) is 0.497. The van der Waals surface area contributed by atoms with Gasteiger partial charge in [-0.3, -0.25) is 4.99 Å². The highest BCUT2D eigenvalue weighted by molar-refractivity contribution is 8.12. The van der Waals surface area contributed by atoms with Crippen molar-refractivity contribution in [2.75, 3.05) is 12.4 Å². The summed E-state index contributed by atoms with van der Waals surface area (Å²) < 4.78 is 5.14. The normalized spacial score (nSPS) is 19.4. The maximum Gasteiger partial charge on any atom is 0.331 e. The fourth-order valence-corrected chi connectivity index (χ4v) is 2.12. The summed E-state index contributed by atoms with van der Waals surface area (Å²) in [6, 6.07) is -0.245. The Morgan fingerprint density at radius 3 is 2.93 bits per heavy atom. The Balaban J connectivity index is 1.95. The van der Waals surface area contributed by atoms with E-state index < -0.39 is 0 Å². The van der Waals surface area contributed by atoms with Crippen LogP contribution in [-0.2, 0) is 9.53 Å². The molecule has 1 heterocycles. The summed E-state index contributed by atoms with van der Waals surface area (Å²) in [6.07, 6.45) is 5.90. The Morgan fingerprint density at radius 2 is 2.27 bits per heavy atom. The van der Waals surface area contributed by atoms with Gasteiger partial charge < -0.3 is 4.74 Å². The zero-order chi connectivity index (χ0) is 10.9. The minimum Gasteiger partial charge on any atom is -0.464 e. The fourth-order valence-electron chi connectivity index (χ4n) is 1.40. The van der Waals surface area contributed by atoms with Crippen LogP contribution in [0.2, 0.25) is 0 Å². The van der Waals surface area contributed by atoms with E-state index in [1.54, 1.807) is 17.3 Å². The van der Waals surface area contributed by atoms with E-state index in [0.29, 0.717) is 6.61 Å². The molecular formula is C11H19NO2S. The molecule has 1 rings (SSSR count). The van der Waals surface area contributed by atoms with Crippen molar-refractivity contribution in [1.29, 1.82) is 0 Å². The van der Waals surface area contributed by atoms with E-state index in [-0.39, 0.29) is 12.0 Å². The summed E-state index contributed by atoms with van der Waals surface area (Å²) in [7, 11) is 0. The van der Waals surface area contributed by atoms with Gasteiger partial charge in [-0.25, -0.2) is 4.79 Å². The van der Waals surface area contributed by atoms with Gasteiger partial charge in [0.2, 0.25) is 0 Å². The van der Waals surface area contributed by atoms with Gasteiger partial charge in [-0.05, 0) is 6.42 Å². The molecule has 0 amide bonds. The first-order valence-electron chi connectivity index (χ1n) is 5.64. The van der Waals surface area contributed by atoms with Crippen LogP contribution in [0.25, 0.3) is 0 Å². The number of hydrogen-bond donors (Lipinski definition) is 0. The lowest BCUT2D eigenvalue weighted by molar-refractivity contribution is -0.144. The molecule has 0 saturated carbocycles. The average Bonchev–Trinajstić information content (AvgIpc) is 2.76. The third-order valence-electron chi connectivity index (χ3n) is 2.33. The van der Waals surface area contributed by atoms with Gasteiger partial charge in [0.1, 0.15) is 0 Å². The van der Waals surface area contributed by atoms with E-state index in [1.165, 1.54) is 19.3 Å². The molecule has 1 aliphatic rings. The molecule has 1 atom stereocenters. The Morgan fingerprint density at radius 1 is 1.47 bits per heavy atom. The molecule has 0 aliphatic carbocycles. The number of unbranched alkanes of at least 4 members (excludes halogenated alkanes) is 4. The summed E-state index contributed by atoms with van der Waals surface area (Å²) in [5, 5.41) is 0. The molecule has 0 bridgehead atoms. The first-order valence-corrected chi connectivity index (χ1v) is 6.69. The summed E-state index contributed by atoms with van der Waals surface area (Å²) in [5.41, 5.74) is 1.73. The molecule has 15 heavy (non-hydrogen) atoms. The van der Waals surface area contributed by atoms with Crippen LogP contribution in [0.15, 0.2) is 4.99 Å². The van der Waals surface area contributed by atoms with Crippen LogP contribution in [0, 0.1) is 0 Å². The molecule has 0 fully saturated rings. The number of aliphatic imine (C=N–C) groups is 1. The molecule has 0 N–H and O–H groups in total. The number of ether oxygens (including phenoxy) is 1. The van der Waals surface area contributed by atoms with Crippen LogP contribution >= 0.6 is 11.8 Å². The van der Waals surface area contributed by atoms with Crippen molar-refractivity contribution in [3.05, 3.63) is 0 Å². The largest absolute Gasteiger partial charge is 0.464 e. The second kappa shape index (κ2) is 7.74. The van der Waals surface area contributed by atoms with E-state index in [9.17, 15) is 4.79 Å². The Hall–Kier alpha value is -0.510. The smallest absolute Gasteiger partial charge is 0.331 e. The van der Waals surface area contributed by atoms with Crippen molar-refractivity contribution in [2.24, 2.45) is 4.99 Å². The van der Waals surface area contributed by atoms with E-state index in [2.05, 4.69) is 11.9 Å². The highest BCUT2D eigenvalue weighted by Crippen LogP contribution is 2.12. The first-order chi connectivity index (χ1) is 7.34. The molecule has 0 saturated heterocycles.